The van der Waals surface area contributed by atoms with Crippen molar-refractivity contribution in [2.45, 2.75) is 51.5 Å². The van der Waals surface area contributed by atoms with Gasteiger partial charge in [0.2, 0.25) is 10.0 Å². The highest BCUT2D eigenvalue weighted by Gasteiger charge is 2.27. The van der Waals surface area contributed by atoms with Crippen LogP contribution in [0, 0.1) is 5.92 Å². The summed E-state index contributed by atoms with van der Waals surface area (Å²) in [5.41, 5.74) is 0. The van der Waals surface area contributed by atoms with Crippen LogP contribution < -0.4 is 4.72 Å². The molecule has 1 aliphatic rings. The zero-order chi connectivity index (χ0) is 12.9. The third-order valence-corrected chi connectivity index (χ3v) is 4.37. The molecule has 0 aromatic rings. The van der Waals surface area contributed by atoms with Gasteiger partial charge < -0.3 is 5.11 Å². The first-order valence-corrected chi connectivity index (χ1v) is 7.82. The van der Waals surface area contributed by atoms with Crippen molar-refractivity contribution in [1.82, 2.24) is 4.72 Å². The van der Waals surface area contributed by atoms with Gasteiger partial charge in [-0.3, -0.25) is 4.79 Å². The number of rotatable bonds is 9. The molecule has 0 radical (unpaired) electrons. The average Bonchev–Trinajstić information content (AvgIpc) is 3.05. The van der Waals surface area contributed by atoms with E-state index in [0.29, 0.717) is 25.2 Å². The second-order valence-corrected chi connectivity index (χ2v) is 6.58. The minimum atomic E-state index is -3.44. The zero-order valence-corrected chi connectivity index (χ0v) is 11.0. The molecule has 0 unspecified atom stereocenters. The Morgan fingerprint density at radius 2 is 2.12 bits per heavy atom. The molecule has 2 N–H and O–H groups in total. The third kappa shape index (κ3) is 6.02. The van der Waals surface area contributed by atoms with E-state index in [9.17, 15) is 13.2 Å². The first kappa shape index (κ1) is 14.4. The van der Waals surface area contributed by atoms with Gasteiger partial charge in [0, 0.05) is 0 Å². The first-order chi connectivity index (χ1) is 7.94. The molecule has 1 atom stereocenters. The van der Waals surface area contributed by atoms with Gasteiger partial charge in [-0.25, -0.2) is 13.1 Å². The predicted octanol–water partition coefficient (Wildman–Crippen LogP) is 1.35. The van der Waals surface area contributed by atoms with Crippen molar-refractivity contribution >= 4 is 16.0 Å². The second-order valence-electron chi connectivity index (χ2n) is 4.70. The lowest BCUT2D eigenvalue weighted by molar-refractivity contribution is -0.139. The standard InChI is InChI=1S/C11H21NO4S/c1-2-3-4-10(11(13)14)12-17(15,16)8-7-9-5-6-9/h9-10,12H,2-8H2,1H3,(H,13,14)/t10-/m0/s1. The van der Waals surface area contributed by atoms with E-state index in [1.807, 2.05) is 6.92 Å². The summed E-state index contributed by atoms with van der Waals surface area (Å²) in [4.78, 5) is 10.9. The smallest absolute Gasteiger partial charge is 0.321 e. The Balaban J connectivity index is 2.42. The fourth-order valence-electron chi connectivity index (χ4n) is 1.65. The molecule has 0 aromatic heterocycles. The van der Waals surface area contributed by atoms with E-state index in [2.05, 4.69) is 4.72 Å². The number of hydrogen-bond acceptors (Lipinski definition) is 3. The quantitative estimate of drug-likeness (QED) is 0.657. The van der Waals surface area contributed by atoms with Crippen molar-refractivity contribution in [1.29, 1.82) is 0 Å². The predicted molar refractivity (Wildman–Crippen MR) is 65.2 cm³/mol. The molecule has 1 rings (SSSR count). The number of aliphatic carboxylic acids is 1. The summed E-state index contributed by atoms with van der Waals surface area (Å²) in [7, 11) is -3.44. The Bertz CT molecular complexity index is 348. The molecule has 0 saturated heterocycles. The largest absolute Gasteiger partial charge is 0.480 e. The molecule has 5 nitrogen and oxygen atoms in total. The van der Waals surface area contributed by atoms with Crippen molar-refractivity contribution < 1.29 is 18.3 Å². The van der Waals surface area contributed by atoms with Crippen molar-refractivity contribution in [3.8, 4) is 0 Å². The van der Waals surface area contributed by atoms with Crippen LogP contribution in [-0.4, -0.2) is 31.3 Å². The van der Waals surface area contributed by atoms with E-state index in [0.717, 1.165) is 19.3 Å². The van der Waals surface area contributed by atoms with E-state index in [4.69, 9.17) is 5.11 Å². The van der Waals surface area contributed by atoms with Crippen LogP contribution in [0.25, 0.3) is 0 Å². The van der Waals surface area contributed by atoms with Crippen molar-refractivity contribution in [3.63, 3.8) is 0 Å². The van der Waals surface area contributed by atoms with Crippen LogP contribution in [0.3, 0.4) is 0 Å². The lowest BCUT2D eigenvalue weighted by Crippen LogP contribution is -2.41. The second kappa shape index (κ2) is 6.35. The van der Waals surface area contributed by atoms with Crippen LogP contribution in [0.15, 0.2) is 0 Å². The molecular formula is C11H21NO4S. The minimum absolute atomic E-state index is 0.0492. The number of carboxylic acids is 1. The van der Waals surface area contributed by atoms with Crippen LogP contribution in [0.1, 0.15) is 45.4 Å². The van der Waals surface area contributed by atoms with Gasteiger partial charge in [0.25, 0.3) is 0 Å². The van der Waals surface area contributed by atoms with E-state index in [1.165, 1.54) is 0 Å². The molecule has 0 bridgehead atoms. The molecule has 100 valence electrons. The summed E-state index contributed by atoms with van der Waals surface area (Å²) in [5.74, 6) is -0.507. The van der Waals surface area contributed by atoms with Crippen LogP contribution >= 0.6 is 0 Å². The van der Waals surface area contributed by atoms with Gasteiger partial charge in [-0.1, -0.05) is 32.6 Å². The molecule has 1 fully saturated rings. The maximum atomic E-state index is 11.7. The molecule has 0 heterocycles. The van der Waals surface area contributed by atoms with Gasteiger partial charge >= 0.3 is 5.97 Å². The summed E-state index contributed by atoms with van der Waals surface area (Å²) >= 11 is 0. The number of sulfonamides is 1. The van der Waals surface area contributed by atoms with E-state index < -0.39 is 22.0 Å². The lowest BCUT2D eigenvalue weighted by Gasteiger charge is -2.14. The van der Waals surface area contributed by atoms with Gasteiger partial charge in [-0.2, -0.15) is 0 Å². The molecule has 0 aliphatic heterocycles. The number of unbranched alkanes of at least 4 members (excludes halogenated alkanes) is 1. The topological polar surface area (TPSA) is 83.5 Å². The van der Waals surface area contributed by atoms with Gasteiger partial charge in [-0.15, -0.1) is 0 Å². The van der Waals surface area contributed by atoms with Gasteiger partial charge in [-0.05, 0) is 18.8 Å². The van der Waals surface area contributed by atoms with E-state index in [-0.39, 0.29) is 5.75 Å². The zero-order valence-electron chi connectivity index (χ0n) is 10.2. The Kier molecular flexibility index (Phi) is 5.39. The van der Waals surface area contributed by atoms with Crippen molar-refractivity contribution in [2.75, 3.05) is 5.75 Å². The highest BCUT2D eigenvalue weighted by Crippen LogP contribution is 2.32. The Morgan fingerprint density at radius 3 is 2.59 bits per heavy atom. The molecule has 0 spiro atoms. The highest BCUT2D eigenvalue weighted by molar-refractivity contribution is 7.89. The summed E-state index contributed by atoms with van der Waals surface area (Å²) in [6.45, 7) is 1.94. The third-order valence-electron chi connectivity index (χ3n) is 2.96. The highest BCUT2D eigenvalue weighted by atomic mass is 32.2. The van der Waals surface area contributed by atoms with E-state index >= 15 is 0 Å². The lowest BCUT2D eigenvalue weighted by atomic mass is 10.1. The first-order valence-electron chi connectivity index (χ1n) is 6.17. The summed E-state index contributed by atoms with van der Waals surface area (Å²) in [6, 6.07) is -0.973. The molecule has 6 heteroatoms. The Morgan fingerprint density at radius 1 is 1.47 bits per heavy atom. The van der Waals surface area contributed by atoms with Crippen LogP contribution in [-0.2, 0) is 14.8 Å². The fourth-order valence-corrected chi connectivity index (χ4v) is 3.06. The van der Waals surface area contributed by atoms with Crippen LogP contribution in [0.5, 0.6) is 0 Å². The molecule has 1 aliphatic carbocycles. The maximum absolute atomic E-state index is 11.7. The van der Waals surface area contributed by atoms with Crippen LogP contribution in [0.2, 0.25) is 0 Å². The summed E-state index contributed by atoms with van der Waals surface area (Å²) in [6.07, 6.45) is 4.78. The van der Waals surface area contributed by atoms with Gasteiger partial charge in [0.1, 0.15) is 6.04 Å². The van der Waals surface area contributed by atoms with Crippen molar-refractivity contribution in [2.24, 2.45) is 5.92 Å². The van der Waals surface area contributed by atoms with Crippen LogP contribution in [0.4, 0.5) is 0 Å². The number of carboxylic acid groups (broad SMARTS) is 1. The molecule has 1 saturated carbocycles. The van der Waals surface area contributed by atoms with Gasteiger partial charge in [0.15, 0.2) is 0 Å². The molecular weight excluding hydrogens is 242 g/mol. The SMILES string of the molecule is CCCC[C@H](NS(=O)(=O)CCC1CC1)C(=O)O. The monoisotopic (exact) mass is 263 g/mol. The fraction of sp³-hybridized carbons (Fsp3) is 0.909. The number of hydrogen-bond donors (Lipinski definition) is 2. The van der Waals surface area contributed by atoms with Gasteiger partial charge in [0.05, 0.1) is 5.75 Å². The minimum Gasteiger partial charge on any atom is -0.480 e. The Labute approximate surface area is 103 Å². The summed E-state index contributed by atoms with van der Waals surface area (Å²) < 4.78 is 25.6. The number of carbonyl (C=O) groups is 1. The average molecular weight is 263 g/mol. The van der Waals surface area contributed by atoms with E-state index in [1.54, 1.807) is 0 Å². The molecule has 0 aromatic carbocycles. The maximum Gasteiger partial charge on any atom is 0.321 e. The number of nitrogens with one attached hydrogen (secondary N) is 1. The Hall–Kier alpha value is -0.620. The molecule has 0 amide bonds. The normalized spacial score (nSPS) is 17.9. The molecule has 17 heavy (non-hydrogen) atoms. The summed E-state index contributed by atoms with van der Waals surface area (Å²) in [5, 5.41) is 8.93. The van der Waals surface area contributed by atoms with Crippen molar-refractivity contribution in [3.05, 3.63) is 0 Å².